The Hall–Kier alpha value is -1.39. The second-order valence-electron chi connectivity index (χ2n) is 2.40. The van der Waals surface area contributed by atoms with Crippen LogP contribution in [0.4, 0.5) is 0 Å². The number of rotatable bonds is 1. The second-order valence-corrected chi connectivity index (χ2v) is 2.40. The van der Waals surface area contributed by atoms with Crippen molar-refractivity contribution >= 4 is 5.84 Å². The predicted molar refractivity (Wildman–Crippen MR) is 40.8 cm³/mol. The topological polar surface area (TPSA) is 81.5 Å². The molecule has 5 heteroatoms. The van der Waals surface area contributed by atoms with Crippen LogP contribution in [0.3, 0.4) is 0 Å². The molecule has 0 atom stereocenters. The molecule has 0 spiro atoms. The zero-order chi connectivity index (χ0) is 8.43. The monoisotopic (exact) mass is 155 g/mol. The molecule has 0 unspecified atom stereocenters. The summed E-state index contributed by atoms with van der Waals surface area (Å²) in [6.07, 6.45) is 0.636. The minimum atomic E-state index is -0.479. The molecule has 0 radical (unpaired) electrons. The van der Waals surface area contributed by atoms with E-state index < -0.39 is 4.92 Å². The van der Waals surface area contributed by atoms with Gasteiger partial charge >= 0.3 is 5.70 Å². The van der Waals surface area contributed by atoms with Crippen LogP contribution in [0.5, 0.6) is 0 Å². The predicted octanol–water partition coefficient (Wildman–Crippen LogP) is 0.298. The molecule has 0 amide bonds. The highest BCUT2D eigenvalue weighted by atomic mass is 16.6. The molecular formula is C6H9N3O2. The van der Waals surface area contributed by atoms with Crippen molar-refractivity contribution < 1.29 is 4.92 Å². The van der Waals surface area contributed by atoms with Crippen LogP contribution in [-0.2, 0) is 0 Å². The summed E-state index contributed by atoms with van der Waals surface area (Å²) in [4.78, 5) is 13.7. The number of hydrogen-bond acceptors (Lipinski definition) is 4. The molecule has 0 fully saturated rings. The molecule has 0 saturated carbocycles. The van der Waals surface area contributed by atoms with E-state index in [1.165, 1.54) is 0 Å². The first-order chi connectivity index (χ1) is 5.13. The van der Waals surface area contributed by atoms with Crippen molar-refractivity contribution in [2.24, 2.45) is 10.7 Å². The molecule has 0 aromatic heterocycles. The lowest BCUT2D eigenvalue weighted by Crippen LogP contribution is -2.25. The maximum Gasteiger partial charge on any atom is 0.309 e. The maximum absolute atomic E-state index is 10.4. The maximum atomic E-state index is 10.4. The third kappa shape index (κ3) is 1.36. The fourth-order valence-corrected chi connectivity index (χ4v) is 1.01. The van der Waals surface area contributed by atoms with Crippen molar-refractivity contribution in [2.75, 3.05) is 6.54 Å². The Morgan fingerprint density at radius 1 is 1.73 bits per heavy atom. The third-order valence-corrected chi connectivity index (χ3v) is 1.60. The summed E-state index contributed by atoms with van der Waals surface area (Å²) in [7, 11) is 0. The smallest absolute Gasteiger partial charge is 0.309 e. The molecule has 2 N–H and O–H groups in total. The van der Waals surface area contributed by atoms with Crippen molar-refractivity contribution in [1.29, 1.82) is 0 Å². The van der Waals surface area contributed by atoms with Gasteiger partial charge < -0.3 is 5.73 Å². The SMILES string of the molecule is CC1=C([N+](=O)[O-])C(N)=NCC1. The van der Waals surface area contributed by atoms with Crippen molar-refractivity contribution in [3.8, 4) is 0 Å². The number of dihydropyridines is 1. The van der Waals surface area contributed by atoms with Gasteiger partial charge in [0, 0.05) is 12.1 Å². The highest BCUT2D eigenvalue weighted by molar-refractivity contribution is 5.95. The van der Waals surface area contributed by atoms with Gasteiger partial charge in [-0.1, -0.05) is 0 Å². The Bertz CT molecular complexity index is 255. The van der Waals surface area contributed by atoms with Gasteiger partial charge in [-0.15, -0.1) is 0 Å². The second kappa shape index (κ2) is 2.69. The van der Waals surface area contributed by atoms with Crippen molar-refractivity contribution in [3.63, 3.8) is 0 Å². The average Bonchev–Trinajstić information content (AvgIpc) is 1.85. The lowest BCUT2D eigenvalue weighted by Gasteiger charge is -2.07. The van der Waals surface area contributed by atoms with E-state index in [-0.39, 0.29) is 11.5 Å². The summed E-state index contributed by atoms with van der Waals surface area (Å²) >= 11 is 0. The lowest BCUT2D eigenvalue weighted by molar-refractivity contribution is -0.416. The Labute approximate surface area is 63.8 Å². The van der Waals surface area contributed by atoms with Crippen molar-refractivity contribution in [2.45, 2.75) is 13.3 Å². The van der Waals surface area contributed by atoms with Crippen LogP contribution >= 0.6 is 0 Å². The Kier molecular flexibility index (Phi) is 1.89. The largest absolute Gasteiger partial charge is 0.378 e. The zero-order valence-corrected chi connectivity index (χ0v) is 6.20. The average molecular weight is 155 g/mol. The van der Waals surface area contributed by atoms with Gasteiger partial charge in [0.05, 0.1) is 4.92 Å². The third-order valence-electron chi connectivity index (χ3n) is 1.60. The molecule has 11 heavy (non-hydrogen) atoms. The van der Waals surface area contributed by atoms with E-state index in [2.05, 4.69) is 4.99 Å². The molecule has 1 rings (SSSR count). The molecule has 0 aromatic rings. The summed E-state index contributed by atoms with van der Waals surface area (Å²) < 4.78 is 0. The van der Waals surface area contributed by atoms with Crippen LogP contribution in [0.15, 0.2) is 16.3 Å². The van der Waals surface area contributed by atoms with Crippen LogP contribution < -0.4 is 5.73 Å². The van der Waals surface area contributed by atoms with Crippen molar-refractivity contribution in [3.05, 3.63) is 21.4 Å². The normalized spacial score (nSPS) is 18.1. The molecule has 0 aromatic carbocycles. The van der Waals surface area contributed by atoms with Gasteiger partial charge in [0.1, 0.15) is 0 Å². The Morgan fingerprint density at radius 2 is 2.36 bits per heavy atom. The van der Waals surface area contributed by atoms with Crippen LogP contribution in [0, 0.1) is 10.1 Å². The first-order valence-corrected chi connectivity index (χ1v) is 3.27. The summed E-state index contributed by atoms with van der Waals surface area (Å²) in [5.41, 5.74) is 6.01. The number of aliphatic imine (C=N–C) groups is 1. The Morgan fingerprint density at radius 3 is 2.73 bits per heavy atom. The van der Waals surface area contributed by atoms with E-state index in [9.17, 15) is 10.1 Å². The molecular weight excluding hydrogens is 146 g/mol. The number of nitrogens with zero attached hydrogens (tertiary/aromatic N) is 2. The van der Waals surface area contributed by atoms with Crippen LogP contribution in [0.1, 0.15) is 13.3 Å². The van der Waals surface area contributed by atoms with E-state index >= 15 is 0 Å². The first-order valence-electron chi connectivity index (χ1n) is 3.27. The highest BCUT2D eigenvalue weighted by Gasteiger charge is 2.22. The minimum absolute atomic E-state index is 0.0174. The van der Waals surface area contributed by atoms with E-state index in [1.807, 2.05) is 0 Å². The van der Waals surface area contributed by atoms with Gasteiger partial charge in [-0.05, 0) is 13.3 Å². The standard InChI is InChI=1S/C6H9N3O2/c1-4-2-3-8-6(7)5(4)9(10)11/h2-3H2,1H3,(H2,7,8). The highest BCUT2D eigenvalue weighted by Crippen LogP contribution is 2.13. The van der Waals surface area contributed by atoms with E-state index in [0.717, 1.165) is 0 Å². The molecule has 5 nitrogen and oxygen atoms in total. The molecule has 0 aliphatic carbocycles. The van der Waals surface area contributed by atoms with Gasteiger partial charge in [-0.25, -0.2) is 0 Å². The van der Waals surface area contributed by atoms with Gasteiger partial charge in [-0.2, -0.15) is 0 Å². The molecule has 0 bridgehead atoms. The minimum Gasteiger partial charge on any atom is -0.378 e. The van der Waals surface area contributed by atoms with E-state index in [0.29, 0.717) is 18.5 Å². The Balaban J connectivity index is 3.04. The summed E-state index contributed by atoms with van der Waals surface area (Å²) in [6, 6.07) is 0. The molecule has 1 heterocycles. The van der Waals surface area contributed by atoms with Gasteiger partial charge in [0.2, 0.25) is 0 Å². The van der Waals surface area contributed by atoms with E-state index in [4.69, 9.17) is 5.73 Å². The lowest BCUT2D eigenvalue weighted by atomic mass is 10.1. The summed E-state index contributed by atoms with van der Waals surface area (Å²) in [6.45, 7) is 2.27. The fourth-order valence-electron chi connectivity index (χ4n) is 1.01. The molecule has 1 aliphatic rings. The van der Waals surface area contributed by atoms with Crippen LogP contribution in [0.25, 0.3) is 0 Å². The van der Waals surface area contributed by atoms with Crippen molar-refractivity contribution in [1.82, 2.24) is 0 Å². The number of nitrogens with two attached hydrogens (primary N) is 1. The number of hydrogen-bond donors (Lipinski definition) is 1. The summed E-state index contributed by atoms with van der Waals surface area (Å²) in [5, 5.41) is 10.4. The number of nitro groups is 1. The molecule has 0 saturated heterocycles. The van der Waals surface area contributed by atoms with Gasteiger partial charge in [0.25, 0.3) is 0 Å². The number of amidine groups is 1. The summed E-state index contributed by atoms with van der Waals surface area (Å²) in [5.74, 6) is 0.0544. The van der Waals surface area contributed by atoms with Crippen LogP contribution in [-0.4, -0.2) is 17.3 Å². The van der Waals surface area contributed by atoms with Crippen LogP contribution in [0.2, 0.25) is 0 Å². The fraction of sp³-hybridized carbons (Fsp3) is 0.500. The first kappa shape index (κ1) is 7.71. The zero-order valence-electron chi connectivity index (χ0n) is 6.20. The van der Waals surface area contributed by atoms with E-state index in [1.54, 1.807) is 6.92 Å². The molecule has 60 valence electrons. The van der Waals surface area contributed by atoms with Gasteiger partial charge in [-0.3, -0.25) is 15.1 Å². The molecule has 1 aliphatic heterocycles. The quantitative estimate of drug-likeness (QED) is 0.436. The van der Waals surface area contributed by atoms with Gasteiger partial charge in [0.15, 0.2) is 5.84 Å².